The van der Waals surface area contributed by atoms with Crippen LogP contribution in [0.15, 0.2) is 66.7 Å². The smallest absolute Gasteiger partial charge is 0.247 e. The number of aromatic nitrogens is 3. The van der Waals surface area contributed by atoms with E-state index in [2.05, 4.69) is 51.5 Å². The molecule has 8 heteroatoms. The van der Waals surface area contributed by atoms with Crippen LogP contribution in [0.4, 0.5) is 11.6 Å². The van der Waals surface area contributed by atoms with E-state index < -0.39 is 0 Å². The average Bonchev–Trinajstić information content (AvgIpc) is 3.31. The van der Waals surface area contributed by atoms with Gasteiger partial charge in [0, 0.05) is 37.4 Å². The Hall–Kier alpha value is -3.46. The van der Waals surface area contributed by atoms with Gasteiger partial charge in [-0.05, 0) is 54.1 Å². The maximum absolute atomic E-state index is 5.49. The molecule has 0 aliphatic carbocycles. The fraction of sp³-hybridized carbons (Fsp3) is 0.308. The van der Waals surface area contributed by atoms with Crippen LogP contribution in [0.1, 0.15) is 12.5 Å². The van der Waals surface area contributed by atoms with Gasteiger partial charge in [0.05, 0.1) is 26.0 Å². The van der Waals surface area contributed by atoms with E-state index in [9.17, 15) is 0 Å². The van der Waals surface area contributed by atoms with E-state index in [0.29, 0.717) is 5.95 Å². The third-order valence-corrected chi connectivity index (χ3v) is 6.07. The van der Waals surface area contributed by atoms with Crippen molar-refractivity contribution >= 4 is 17.3 Å². The van der Waals surface area contributed by atoms with Gasteiger partial charge >= 0.3 is 0 Å². The molecule has 0 unspecified atom stereocenters. The quantitative estimate of drug-likeness (QED) is 0.424. The molecule has 4 aromatic rings. The highest BCUT2D eigenvalue weighted by atomic mass is 16.5. The highest BCUT2D eigenvalue weighted by molar-refractivity contribution is 5.65. The van der Waals surface area contributed by atoms with E-state index >= 15 is 0 Å². The zero-order valence-electron chi connectivity index (χ0n) is 19.6. The SMILES string of the molecule is CCN(Cc1ccc(Nc2nc3cccc(-c4ccc(OC)cc4)n3n2)cc1)N1CCOCC1. The van der Waals surface area contributed by atoms with Crippen molar-refractivity contribution in [3.8, 4) is 17.0 Å². The lowest BCUT2D eigenvalue weighted by molar-refractivity contribution is -0.0926. The van der Waals surface area contributed by atoms with Gasteiger partial charge in [-0.2, -0.15) is 4.98 Å². The Balaban J connectivity index is 1.30. The second-order valence-corrected chi connectivity index (χ2v) is 8.21. The van der Waals surface area contributed by atoms with Gasteiger partial charge in [0.1, 0.15) is 5.75 Å². The molecule has 0 spiro atoms. The molecule has 3 heterocycles. The van der Waals surface area contributed by atoms with Crippen LogP contribution in [0.3, 0.4) is 0 Å². The van der Waals surface area contributed by atoms with Gasteiger partial charge in [0.25, 0.3) is 0 Å². The third kappa shape index (κ3) is 4.89. The van der Waals surface area contributed by atoms with E-state index in [4.69, 9.17) is 14.6 Å². The van der Waals surface area contributed by atoms with E-state index in [-0.39, 0.29) is 0 Å². The van der Waals surface area contributed by atoms with Gasteiger partial charge in [0.2, 0.25) is 5.95 Å². The fourth-order valence-electron chi connectivity index (χ4n) is 4.22. The molecule has 1 fully saturated rings. The van der Waals surface area contributed by atoms with Crippen LogP contribution >= 0.6 is 0 Å². The number of fused-ring (bicyclic) bond motifs is 1. The van der Waals surface area contributed by atoms with Crippen molar-refractivity contribution in [1.82, 2.24) is 24.6 Å². The summed E-state index contributed by atoms with van der Waals surface area (Å²) in [7, 11) is 1.67. The maximum Gasteiger partial charge on any atom is 0.247 e. The molecule has 176 valence electrons. The van der Waals surface area contributed by atoms with Crippen LogP contribution in [-0.4, -0.2) is 64.6 Å². The number of rotatable bonds is 8. The van der Waals surface area contributed by atoms with Gasteiger partial charge in [-0.3, -0.25) is 0 Å². The van der Waals surface area contributed by atoms with Crippen molar-refractivity contribution in [2.75, 3.05) is 45.3 Å². The Morgan fingerprint density at radius 3 is 2.47 bits per heavy atom. The van der Waals surface area contributed by atoms with Crippen LogP contribution in [0.25, 0.3) is 16.9 Å². The number of methoxy groups -OCH3 is 1. The summed E-state index contributed by atoms with van der Waals surface area (Å²) < 4.78 is 12.6. The molecule has 34 heavy (non-hydrogen) atoms. The Labute approximate surface area is 199 Å². The normalized spacial score (nSPS) is 14.6. The highest BCUT2D eigenvalue weighted by Crippen LogP contribution is 2.24. The zero-order chi connectivity index (χ0) is 23.3. The molecule has 5 rings (SSSR count). The minimum atomic E-state index is 0.567. The number of hydrogen-bond donors (Lipinski definition) is 1. The lowest BCUT2D eigenvalue weighted by Gasteiger charge is -2.36. The number of morpholine rings is 1. The van der Waals surface area contributed by atoms with Crippen molar-refractivity contribution in [2.24, 2.45) is 0 Å². The first-order valence-corrected chi connectivity index (χ1v) is 11.7. The van der Waals surface area contributed by atoms with Crippen LogP contribution in [0, 0.1) is 0 Å². The number of nitrogens with zero attached hydrogens (tertiary/aromatic N) is 5. The van der Waals surface area contributed by atoms with Crippen LogP contribution in [0.2, 0.25) is 0 Å². The largest absolute Gasteiger partial charge is 0.497 e. The first-order valence-electron chi connectivity index (χ1n) is 11.7. The van der Waals surface area contributed by atoms with Gasteiger partial charge in [-0.15, -0.1) is 5.10 Å². The average molecular weight is 459 g/mol. The molecule has 0 saturated carbocycles. The molecule has 0 radical (unpaired) electrons. The lowest BCUT2D eigenvalue weighted by Crippen LogP contribution is -2.48. The minimum absolute atomic E-state index is 0.567. The topological polar surface area (TPSA) is 67.2 Å². The number of anilines is 2. The second kappa shape index (κ2) is 10.2. The summed E-state index contributed by atoms with van der Waals surface area (Å²) >= 11 is 0. The van der Waals surface area contributed by atoms with Crippen LogP contribution < -0.4 is 10.1 Å². The molecule has 1 N–H and O–H groups in total. The number of benzene rings is 2. The number of ether oxygens (including phenoxy) is 2. The Bertz CT molecular complexity index is 1220. The molecule has 2 aromatic heterocycles. The standard InChI is InChI=1S/C26H30N6O2/c1-3-30(31-15-17-34-18-16-31)19-20-7-11-22(12-8-20)27-26-28-25-6-4-5-24(32(25)29-26)21-9-13-23(33-2)14-10-21/h4-14H,3,15-19H2,1-2H3,(H,27,29). The predicted octanol–water partition coefficient (Wildman–Crippen LogP) is 4.22. The van der Waals surface area contributed by atoms with Gasteiger partial charge in [-0.1, -0.05) is 25.1 Å². The van der Waals surface area contributed by atoms with E-state index in [1.807, 2.05) is 47.0 Å². The Kier molecular flexibility index (Phi) is 6.71. The van der Waals surface area contributed by atoms with Gasteiger partial charge in [0.15, 0.2) is 5.65 Å². The first kappa shape index (κ1) is 22.3. The van der Waals surface area contributed by atoms with E-state index in [0.717, 1.165) is 67.7 Å². The predicted molar refractivity (Wildman–Crippen MR) is 133 cm³/mol. The molecular formula is C26H30N6O2. The Morgan fingerprint density at radius 1 is 1.00 bits per heavy atom. The number of hydrazine groups is 1. The van der Waals surface area contributed by atoms with Gasteiger partial charge in [-0.25, -0.2) is 14.5 Å². The van der Waals surface area contributed by atoms with Crippen molar-refractivity contribution in [2.45, 2.75) is 13.5 Å². The summed E-state index contributed by atoms with van der Waals surface area (Å²) in [5.74, 6) is 1.39. The number of hydrogen-bond acceptors (Lipinski definition) is 7. The summed E-state index contributed by atoms with van der Waals surface area (Å²) in [6, 6.07) is 22.4. The lowest BCUT2D eigenvalue weighted by atomic mass is 10.1. The van der Waals surface area contributed by atoms with E-state index in [1.54, 1.807) is 7.11 Å². The first-order chi connectivity index (χ1) is 16.7. The minimum Gasteiger partial charge on any atom is -0.497 e. The van der Waals surface area contributed by atoms with Gasteiger partial charge < -0.3 is 14.8 Å². The molecule has 0 bridgehead atoms. The molecule has 8 nitrogen and oxygen atoms in total. The molecule has 0 amide bonds. The van der Waals surface area contributed by atoms with Crippen molar-refractivity contribution < 1.29 is 9.47 Å². The summed E-state index contributed by atoms with van der Waals surface area (Å²) in [6.45, 7) is 7.55. The monoisotopic (exact) mass is 458 g/mol. The summed E-state index contributed by atoms with van der Waals surface area (Å²) in [5.41, 5.74) is 5.03. The van der Waals surface area contributed by atoms with Crippen LogP contribution in [0.5, 0.6) is 5.75 Å². The molecule has 1 aliphatic rings. The third-order valence-electron chi connectivity index (χ3n) is 6.07. The Morgan fingerprint density at radius 2 is 1.76 bits per heavy atom. The molecular weight excluding hydrogens is 428 g/mol. The van der Waals surface area contributed by atoms with Crippen LogP contribution in [-0.2, 0) is 11.3 Å². The maximum atomic E-state index is 5.49. The molecule has 2 aromatic carbocycles. The molecule has 1 aliphatic heterocycles. The summed E-state index contributed by atoms with van der Waals surface area (Å²) in [4.78, 5) is 4.66. The van der Waals surface area contributed by atoms with E-state index in [1.165, 1.54) is 5.56 Å². The molecule has 0 atom stereocenters. The fourth-order valence-corrected chi connectivity index (χ4v) is 4.22. The summed E-state index contributed by atoms with van der Waals surface area (Å²) in [6.07, 6.45) is 0. The van der Waals surface area contributed by atoms with Crippen molar-refractivity contribution in [3.63, 3.8) is 0 Å². The second-order valence-electron chi connectivity index (χ2n) is 8.21. The number of nitrogens with one attached hydrogen (secondary N) is 1. The zero-order valence-corrected chi connectivity index (χ0v) is 19.6. The molecule has 1 saturated heterocycles. The number of pyridine rings is 1. The summed E-state index contributed by atoms with van der Waals surface area (Å²) in [5, 5.41) is 12.8. The van der Waals surface area contributed by atoms with Crippen molar-refractivity contribution in [3.05, 3.63) is 72.3 Å². The highest BCUT2D eigenvalue weighted by Gasteiger charge is 2.17. The van der Waals surface area contributed by atoms with Crippen molar-refractivity contribution in [1.29, 1.82) is 0 Å².